The van der Waals surface area contributed by atoms with Gasteiger partial charge in [-0.05, 0) is 122 Å². The van der Waals surface area contributed by atoms with Gasteiger partial charge in [-0.15, -0.1) is 0 Å². The van der Waals surface area contributed by atoms with Crippen molar-refractivity contribution in [3.63, 3.8) is 0 Å². The molecule has 6 bridgehead atoms. The van der Waals surface area contributed by atoms with Crippen molar-refractivity contribution >= 4 is 5.91 Å². The lowest BCUT2D eigenvalue weighted by molar-refractivity contribution is -0.120. The van der Waals surface area contributed by atoms with Gasteiger partial charge in [0.2, 0.25) is 11.7 Å². The van der Waals surface area contributed by atoms with Gasteiger partial charge in [-0.2, -0.15) is 0 Å². The Morgan fingerprint density at radius 1 is 0.724 bits per heavy atom. The number of fused-ring (bicyclic) bond motifs is 2. The molecule has 5 aromatic rings. The van der Waals surface area contributed by atoms with E-state index in [1.807, 2.05) is 48.5 Å². The van der Waals surface area contributed by atoms with Crippen molar-refractivity contribution in [2.45, 2.75) is 50.6 Å². The molecule has 2 atom stereocenters. The summed E-state index contributed by atoms with van der Waals surface area (Å²) >= 11 is 0. The lowest BCUT2D eigenvalue weighted by Crippen LogP contribution is -2.34. The normalized spacial score (nSPS) is 17.5. The molecule has 5 aromatic carbocycles. The second-order valence-corrected chi connectivity index (χ2v) is 15.5. The Kier molecular flexibility index (Phi) is 11.8. The molecule has 0 spiro atoms. The Balaban J connectivity index is 1.15. The molecule has 0 aromatic heterocycles. The number of nitrogens with zero attached hydrogens (tertiary/aromatic N) is 2. The van der Waals surface area contributed by atoms with E-state index >= 15 is 0 Å². The molecule has 0 saturated carbocycles. The highest BCUT2D eigenvalue weighted by Gasteiger charge is 2.35. The van der Waals surface area contributed by atoms with Crippen molar-refractivity contribution in [1.82, 2.24) is 15.1 Å². The first-order valence-electron chi connectivity index (χ1n) is 20.2. The molecule has 302 valence electrons. The van der Waals surface area contributed by atoms with Crippen LogP contribution in [0.2, 0.25) is 0 Å². The van der Waals surface area contributed by atoms with Crippen LogP contribution < -0.4 is 33.7 Å². The summed E-state index contributed by atoms with van der Waals surface area (Å²) in [5.41, 5.74) is 7.98. The number of hydrogen-bond acceptors (Lipinski definition) is 9. The lowest BCUT2D eigenvalue weighted by atomic mass is 9.87. The molecule has 58 heavy (non-hydrogen) atoms. The number of ether oxygens (including phenoxy) is 6. The standard InChI is InChI=1S/C48H53N3O7/c1-50-21-18-34-28-41(53-3)43-30-37(34)38(50)24-32-12-15-36(16-13-32)57-42-26-33(14-17-40(42)56-23-9-20-49-45(52)27-31-10-7-6-8-11-31)25-39-46-35(19-22-51(39)2)29-44(54-4)47(55-5)48(46)58-43/h6-8,10-17,26,28-30,38-39H,9,18-25,27H2,1-5H3,(H,49,52)/t38?,39-/m1/s1. The van der Waals surface area contributed by atoms with E-state index in [4.69, 9.17) is 28.4 Å². The van der Waals surface area contributed by atoms with Crippen LogP contribution in [0.15, 0.2) is 91.0 Å². The van der Waals surface area contributed by atoms with Crippen LogP contribution in [0.1, 0.15) is 57.4 Å². The minimum atomic E-state index is -0.0571. The van der Waals surface area contributed by atoms with Crippen LogP contribution in [0.3, 0.4) is 0 Å². The molecule has 1 N–H and O–H groups in total. The number of hydrogen-bond donors (Lipinski definition) is 1. The third kappa shape index (κ3) is 8.31. The highest BCUT2D eigenvalue weighted by molar-refractivity contribution is 5.78. The maximum Gasteiger partial charge on any atom is 0.224 e. The van der Waals surface area contributed by atoms with E-state index in [-0.39, 0.29) is 18.0 Å². The molecule has 10 heteroatoms. The topological polar surface area (TPSA) is 91.0 Å². The Morgan fingerprint density at radius 3 is 2.17 bits per heavy atom. The van der Waals surface area contributed by atoms with Crippen LogP contribution in [0.5, 0.6) is 46.0 Å². The summed E-state index contributed by atoms with van der Waals surface area (Å²) < 4.78 is 38.1. The first kappa shape index (κ1) is 39.1. The Bertz CT molecular complexity index is 2240. The minimum absolute atomic E-state index is 0.00397. The monoisotopic (exact) mass is 783 g/mol. The van der Waals surface area contributed by atoms with Crippen LogP contribution in [-0.2, 0) is 36.9 Å². The zero-order valence-corrected chi connectivity index (χ0v) is 34.1. The van der Waals surface area contributed by atoms with Gasteiger partial charge in [0.05, 0.1) is 34.4 Å². The van der Waals surface area contributed by atoms with Crippen molar-refractivity contribution in [1.29, 1.82) is 0 Å². The number of nitrogens with one attached hydrogen (secondary N) is 1. The molecule has 4 aliphatic rings. The first-order chi connectivity index (χ1) is 28.3. The molecular formula is C48H53N3O7. The highest BCUT2D eigenvalue weighted by Crippen LogP contribution is 2.52. The fraction of sp³-hybridized carbons (Fsp3) is 0.354. The molecule has 4 heterocycles. The summed E-state index contributed by atoms with van der Waals surface area (Å²) in [7, 11) is 9.39. The number of likely N-dealkylation sites (N-methyl/N-ethyl adjacent to an activating group) is 2. The molecule has 0 saturated heterocycles. The van der Waals surface area contributed by atoms with E-state index in [1.54, 1.807) is 21.3 Å². The van der Waals surface area contributed by atoms with Gasteiger partial charge in [0.1, 0.15) is 5.75 Å². The maximum atomic E-state index is 12.5. The number of amides is 1. The van der Waals surface area contributed by atoms with Crippen molar-refractivity contribution in [2.24, 2.45) is 0 Å². The second kappa shape index (κ2) is 17.4. The molecule has 0 aliphatic carbocycles. The summed E-state index contributed by atoms with van der Waals surface area (Å²) in [6.45, 7) is 2.73. The molecule has 0 radical (unpaired) electrons. The molecule has 4 aliphatic heterocycles. The molecule has 9 rings (SSSR count). The van der Waals surface area contributed by atoms with Crippen LogP contribution >= 0.6 is 0 Å². The summed E-state index contributed by atoms with van der Waals surface area (Å²) in [6.07, 6.45) is 4.24. The van der Waals surface area contributed by atoms with Gasteiger partial charge in [-0.1, -0.05) is 48.5 Å². The lowest BCUT2D eigenvalue weighted by Gasteiger charge is -2.37. The van der Waals surface area contributed by atoms with Crippen molar-refractivity contribution in [3.8, 4) is 46.0 Å². The molecule has 1 amide bonds. The van der Waals surface area contributed by atoms with E-state index in [9.17, 15) is 4.79 Å². The SMILES string of the molecule is COc1cc2c3cc1Oc1c(OC)c(OC)cc4c1[C@@H](Cc1ccc(OCCCNC(=O)Cc5ccccc5)c(c1)Oc1ccc(cc1)CC3N(C)CC2)N(C)CC4. The van der Waals surface area contributed by atoms with E-state index in [0.717, 1.165) is 60.4 Å². The van der Waals surface area contributed by atoms with Crippen molar-refractivity contribution < 1.29 is 33.2 Å². The smallest absolute Gasteiger partial charge is 0.224 e. The number of rotatable bonds is 10. The Hall–Kier alpha value is -5.71. The molecule has 0 fully saturated rings. The van der Waals surface area contributed by atoms with Crippen LogP contribution in [0.4, 0.5) is 0 Å². The molecule has 1 unspecified atom stereocenters. The fourth-order valence-corrected chi connectivity index (χ4v) is 8.55. The Labute approximate surface area is 341 Å². The van der Waals surface area contributed by atoms with E-state index in [2.05, 4.69) is 71.7 Å². The largest absolute Gasteiger partial charge is 0.493 e. The van der Waals surface area contributed by atoms with Gasteiger partial charge in [0, 0.05) is 37.3 Å². The third-order valence-electron chi connectivity index (χ3n) is 11.7. The van der Waals surface area contributed by atoms with Gasteiger partial charge in [0.25, 0.3) is 0 Å². The molecule has 10 nitrogen and oxygen atoms in total. The number of carbonyl (C=O) groups is 1. The fourth-order valence-electron chi connectivity index (χ4n) is 8.55. The van der Waals surface area contributed by atoms with Gasteiger partial charge in [0.15, 0.2) is 34.5 Å². The summed E-state index contributed by atoms with van der Waals surface area (Å²) in [4.78, 5) is 17.3. The van der Waals surface area contributed by atoms with E-state index in [0.29, 0.717) is 72.7 Å². The predicted molar refractivity (Wildman–Crippen MR) is 224 cm³/mol. The van der Waals surface area contributed by atoms with Gasteiger partial charge in [-0.3, -0.25) is 14.6 Å². The maximum absolute atomic E-state index is 12.5. The summed E-state index contributed by atoms with van der Waals surface area (Å²) in [5.74, 6) is 5.16. The number of benzene rings is 5. The predicted octanol–water partition coefficient (Wildman–Crippen LogP) is 8.28. The van der Waals surface area contributed by atoms with Gasteiger partial charge < -0.3 is 33.7 Å². The van der Waals surface area contributed by atoms with Gasteiger partial charge >= 0.3 is 0 Å². The third-order valence-corrected chi connectivity index (χ3v) is 11.7. The zero-order valence-electron chi connectivity index (χ0n) is 34.1. The highest BCUT2D eigenvalue weighted by atomic mass is 16.5. The average Bonchev–Trinajstić information content (AvgIpc) is 3.23. The zero-order chi connectivity index (χ0) is 40.2. The average molecular weight is 784 g/mol. The van der Waals surface area contributed by atoms with Crippen molar-refractivity contribution in [2.75, 3.05) is 61.7 Å². The number of carbonyl (C=O) groups excluding carboxylic acids is 1. The quantitative estimate of drug-likeness (QED) is 0.141. The second-order valence-electron chi connectivity index (χ2n) is 15.5. The first-order valence-corrected chi connectivity index (χ1v) is 20.2. The summed E-state index contributed by atoms with van der Waals surface area (Å²) in [6, 6.07) is 30.8. The minimum Gasteiger partial charge on any atom is -0.493 e. The van der Waals surface area contributed by atoms with E-state index < -0.39 is 0 Å². The van der Waals surface area contributed by atoms with Crippen molar-refractivity contribution in [3.05, 3.63) is 130 Å². The van der Waals surface area contributed by atoms with Gasteiger partial charge in [-0.25, -0.2) is 0 Å². The van der Waals surface area contributed by atoms with Crippen LogP contribution in [0.25, 0.3) is 0 Å². The molecular weight excluding hydrogens is 731 g/mol. The summed E-state index contributed by atoms with van der Waals surface area (Å²) in [5, 5.41) is 3.02. The van der Waals surface area contributed by atoms with Crippen LogP contribution in [-0.4, -0.2) is 77.4 Å². The van der Waals surface area contributed by atoms with E-state index in [1.165, 1.54) is 16.7 Å². The number of methoxy groups -OCH3 is 3. The Morgan fingerprint density at radius 2 is 1.41 bits per heavy atom. The van der Waals surface area contributed by atoms with Crippen LogP contribution in [0, 0.1) is 0 Å².